The van der Waals surface area contributed by atoms with Gasteiger partial charge in [-0.05, 0) is 31.5 Å². The smallest absolute Gasteiger partial charge is 0.215 e. The number of hydrogen-bond acceptors (Lipinski definition) is 2. The van der Waals surface area contributed by atoms with Crippen molar-refractivity contribution in [1.82, 2.24) is 9.29 Å². The second kappa shape index (κ2) is 6.24. The second-order valence-electron chi connectivity index (χ2n) is 4.91. The van der Waals surface area contributed by atoms with Crippen LogP contribution in [0.5, 0.6) is 0 Å². The van der Waals surface area contributed by atoms with E-state index in [0.717, 1.165) is 17.0 Å². The standard InChI is InChI=1S/C15H20N2O2S/c1-13-8-9-14(2)17(13)11-10-16-20(18,19)12-15-6-4-3-5-7-15/h3-9,16H,10-12H2,1-2H3. The Morgan fingerprint density at radius 3 is 2.20 bits per heavy atom. The molecular formula is C15H20N2O2S. The van der Waals surface area contributed by atoms with Crippen molar-refractivity contribution in [3.8, 4) is 0 Å². The highest BCUT2D eigenvalue weighted by Gasteiger charge is 2.11. The first-order valence-corrected chi connectivity index (χ1v) is 8.27. The number of aromatic nitrogens is 1. The summed E-state index contributed by atoms with van der Waals surface area (Å²) in [5, 5.41) is 0. The Morgan fingerprint density at radius 1 is 1.00 bits per heavy atom. The molecule has 108 valence electrons. The third-order valence-corrected chi connectivity index (χ3v) is 4.63. The molecule has 0 aliphatic heterocycles. The van der Waals surface area contributed by atoms with Crippen LogP contribution in [-0.2, 0) is 22.3 Å². The van der Waals surface area contributed by atoms with Crippen molar-refractivity contribution in [1.29, 1.82) is 0 Å². The minimum Gasteiger partial charge on any atom is -0.348 e. The van der Waals surface area contributed by atoms with Gasteiger partial charge in [-0.25, -0.2) is 13.1 Å². The number of aryl methyl sites for hydroxylation is 2. The molecule has 0 aliphatic carbocycles. The summed E-state index contributed by atoms with van der Waals surface area (Å²) in [6, 6.07) is 13.3. The van der Waals surface area contributed by atoms with Gasteiger partial charge in [-0.3, -0.25) is 0 Å². The van der Waals surface area contributed by atoms with E-state index in [0.29, 0.717) is 13.1 Å². The summed E-state index contributed by atoms with van der Waals surface area (Å²) in [6.45, 7) is 5.10. The lowest BCUT2D eigenvalue weighted by molar-refractivity contribution is 0.569. The van der Waals surface area contributed by atoms with Crippen molar-refractivity contribution in [2.45, 2.75) is 26.1 Å². The first-order valence-electron chi connectivity index (χ1n) is 6.62. The normalized spacial score (nSPS) is 11.7. The van der Waals surface area contributed by atoms with E-state index in [4.69, 9.17) is 0 Å². The van der Waals surface area contributed by atoms with Crippen LogP contribution >= 0.6 is 0 Å². The van der Waals surface area contributed by atoms with Gasteiger partial charge >= 0.3 is 0 Å². The van der Waals surface area contributed by atoms with Crippen LogP contribution in [0.25, 0.3) is 0 Å². The van der Waals surface area contributed by atoms with Crippen LogP contribution in [0.2, 0.25) is 0 Å². The molecule has 1 heterocycles. The molecule has 1 N–H and O–H groups in total. The first-order chi connectivity index (χ1) is 9.48. The van der Waals surface area contributed by atoms with Crippen LogP contribution in [0.3, 0.4) is 0 Å². The highest BCUT2D eigenvalue weighted by molar-refractivity contribution is 7.88. The van der Waals surface area contributed by atoms with Gasteiger partial charge in [-0.2, -0.15) is 0 Å². The van der Waals surface area contributed by atoms with Crippen molar-refractivity contribution in [3.63, 3.8) is 0 Å². The Labute approximate surface area is 120 Å². The molecular weight excluding hydrogens is 272 g/mol. The SMILES string of the molecule is Cc1ccc(C)n1CCNS(=O)(=O)Cc1ccccc1. The Bertz CT molecular complexity index is 641. The molecule has 0 atom stereocenters. The molecule has 20 heavy (non-hydrogen) atoms. The number of nitrogens with zero attached hydrogens (tertiary/aromatic N) is 1. The fourth-order valence-corrected chi connectivity index (χ4v) is 3.35. The number of sulfonamides is 1. The molecule has 1 aromatic heterocycles. The van der Waals surface area contributed by atoms with Crippen LogP contribution in [0.1, 0.15) is 17.0 Å². The van der Waals surface area contributed by atoms with Crippen molar-refractivity contribution in [2.75, 3.05) is 6.54 Å². The molecule has 0 bridgehead atoms. The van der Waals surface area contributed by atoms with Crippen molar-refractivity contribution >= 4 is 10.0 Å². The summed E-state index contributed by atoms with van der Waals surface area (Å²) in [5.74, 6) is 0.0253. The molecule has 0 aliphatic rings. The minimum atomic E-state index is -3.28. The summed E-state index contributed by atoms with van der Waals surface area (Å²) in [7, 11) is -3.28. The number of benzene rings is 1. The van der Waals surface area contributed by atoms with Gasteiger partial charge in [0.1, 0.15) is 0 Å². The average Bonchev–Trinajstić information content (AvgIpc) is 2.71. The first kappa shape index (κ1) is 14.8. The van der Waals surface area contributed by atoms with Gasteiger partial charge in [0.15, 0.2) is 0 Å². The number of hydrogen-bond donors (Lipinski definition) is 1. The lowest BCUT2D eigenvalue weighted by Crippen LogP contribution is -2.29. The quantitative estimate of drug-likeness (QED) is 0.887. The Morgan fingerprint density at radius 2 is 1.60 bits per heavy atom. The Hall–Kier alpha value is -1.59. The average molecular weight is 292 g/mol. The van der Waals surface area contributed by atoms with E-state index in [1.807, 2.05) is 56.3 Å². The maximum atomic E-state index is 12.0. The Kier molecular flexibility index (Phi) is 4.62. The van der Waals surface area contributed by atoms with Gasteiger partial charge < -0.3 is 4.57 Å². The predicted molar refractivity (Wildman–Crippen MR) is 81.0 cm³/mol. The summed E-state index contributed by atoms with van der Waals surface area (Å²) < 4.78 is 28.7. The molecule has 0 saturated heterocycles. The molecule has 0 spiro atoms. The van der Waals surface area contributed by atoms with Crippen molar-refractivity contribution in [3.05, 3.63) is 59.4 Å². The molecule has 0 radical (unpaired) electrons. The Balaban J connectivity index is 1.90. The van der Waals surface area contributed by atoms with Crippen LogP contribution in [0.15, 0.2) is 42.5 Å². The van der Waals surface area contributed by atoms with Crippen LogP contribution in [0.4, 0.5) is 0 Å². The maximum Gasteiger partial charge on any atom is 0.215 e. The van der Waals surface area contributed by atoms with E-state index >= 15 is 0 Å². The largest absolute Gasteiger partial charge is 0.348 e. The zero-order valence-electron chi connectivity index (χ0n) is 11.8. The zero-order chi connectivity index (χ0) is 14.6. The van der Waals surface area contributed by atoms with Gasteiger partial charge in [0.05, 0.1) is 5.75 Å². The predicted octanol–water partition coefficient (Wildman–Crippen LogP) is 2.22. The lowest BCUT2D eigenvalue weighted by atomic mass is 10.2. The van der Waals surface area contributed by atoms with Gasteiger partial charge in [0.25, 0.3) is 0 Å². The van der Waals surface area contributed by atoms with E-state index in [1.165, 1.54) is 0 Å². The van der Waals surface area contributed by atoms with Crippen LogP contribution < -0.4 is 4.72 Å². The van der Waals surface area contributed by atoms with Crippen LogP contribution in [0, 0.1) is 13.8 Å². The highest BCUT2D eigenvalue weighted by atomic mass is 32.2. The van der Waals surface area contributed by atoms with Crippen molar-refractivity contribution in [2.24, 2.45) is 0 Å². The molecule has 2 rings (SSSR count). The summed E-state index contributed by atoms with van der Waals surface area (Å²) >= 11 is 0. The molecule has 1 aromatic carbocycles. The summed E-state index contributed by atoms with van der Waals surface area (Å²) in [4.78, 5) is 0. The van der Waals surface area contributed by atoms with Gasteiger partial charge in [0, 0.05) is 24.5 Å². The molecule has 0 unspecified atom stereocenters. The van der Waals surface area contributed by atoms with Gasteiger partial charge in [0.2, 0.25) is 10.0 Å². The van der Waals surface area contributed by atoms with Gasteiger partial charge in [-0.1, -0.05) is 30.3 Å². The fourth-order valence-electron chi connectivity index (χ4n) is 2.21. The van der Waals surface area contributed by atoms with Crippen LogP contribution in [-0.4, -0.2) is 19.5 Å². The molecule has 5 heteroatoms. The third-order valence-electron chi connectivity index (χ3n) is 3.27. The minimum absolute atomic E-state index is 0.0253. The molecule has 0 saturated carbocycles. The van der Waals surface area contributed by atoms with Gasteiger partial charge in [-0.15, -0.1) is 0 Å². The topological polar surface area (TPSA) is 51.1 Å². The summed E-state index contributed by atoms with van der Waals surface area (Å²) in [6.07, 6.45) is 0. The number of rotatable bonds is 6. The van der Waals surface area contributed by atoms with E-state index in [2.05, 4.69) is 9.29 Å². The van der Waals surface area contributed by atoms with E-state index < -0.39 is 10.0 Å². The fraction of sp³-hybridized carbons (Fsp3) is 0.333. The molecule has 2 aromatic rings. The van der Waals surface area contributed by atoms with E-state index in [9.17, 15) is 8.42 Å². The van der Waals surface area contributed by atoms with E-state index in [-0.39, 0.29) is 5.75 Å². The molecule has 0 fully saturated rings. The second-order valence-corrected chi connectivity index (χ2v) is 6.71. The maximum absolute atomic E-state index is 12.0. The monoisotopic (exact) mass is 292 g/mol. The molecule has 4 nitrogen and oxygen atoms in total. The summed E-state index contributed by atoms with van der Waals surface area (Å²) in [5.41, 5.74) is 3.09. The third kappa shape index (κ3) is 3.95. The highest BCUT2D eigenvalue weighted by Crippen LogP contribution is 2.07. The number of nitrogens with one attached hydrogen (secondary N) is 1. The van der Waals surface area contributed by atoms with Crippen molar-refractivity contribution < 1.29 is 8.42 Å². The lowest BCUT2D eigenvalue weighted by Gasteiger charge is -2.11. The zero-order valence-corrected chi connectivity index (χ0v) is 12.7. The van der Waals surface area contributed by atoms with E-state index in [1.54, 1.807) is 0 Å². The molecule has 0 amide bonds.